The summed E-state index contributed by atoms with van der Waals surface area (Å²) >= 11 is 3.19. The van der Waals surface area contributed by atoms with Crippen LogP contribution >= 0.6 is 22.7 Å². The van der Waals surface area contributed by atoms with Crippen molar-refractivity contribution >= 4 is 28.6 Å². The van der Waals surface area contributed by atoms with Crippen molar-refractivity contribution in [3.8, 4) is 10.6 Å². The summed E-state index contributed by atoms with van der Waals surface area (Å²) in [6.45, 7) is 2.93. The fraction of sp³-hybridized carbons (Fsp3) is 0.263. The van der Waals surface area contributed by atoms with Crippen molar-refractivity contribution in [1.29, 1.82) is 0 Å². The third kappa shape index (κ3) is 2.78. The monoisotopic (exact) mass is 354 g/mol. The molecule has 3 aromatic rings. The van der Waals surface area contributed by atoms with Crippen molar-refractivity contribution in [3.63, 3.8) is 0 Å². The maximum absolute atomic E-state index is 13.0. The van der Waals surface area contributed by atoms with Crippen molar-refractivity contribution in [2.75, 3.05) is 6.54 Å². The number of benzene rings is 1. The van der Waals surface area contributed by atoms with Gasteiger partial charge in [0.2, 0.25) is 0 Å². The van der Waals surface area contributed by atoms with Crippen molar-refractivity contribution in [2.24, 2.45) is 0 Å². The fourth-order valence-corrected chi connectivity index (χ4v) is 4.84. The molecule has 5 heteroatoms. The summed E-state index contributed by atoms with van der Waals surface area (Å²) in [6.07, 6.45) is 2.07. The number of rotatable bonds is 3. The maximum Gasteiger partial charge on any atom is 0.273 e. The van der Waals surface area contributed by atoms with Crippen molar-refractivity contribution in [2.45, 2.75) is 25.8 Å². The largest absolute Gasteiger partial charge is 0.330 e. The Bertz CT molecular complexity index is 854. The number of aryl methyl sites for hydroxylation is 1. The topological polar surface area (TPSA) is 33.2 Å². The van der Waals surface area contributed by atoms with Crippen LogP contribution in [0, 0.1) is 6.92 Å². The minimum atomic E-state index is 0.0542. The summed E-state index contributed by atoms with van der Waals surface area (Å²) in [6, 6.07) is 10.6. The molecule has 2 aromatic heterocycles. The summed E-state index contributed by atoms with van der Waals surface area (Å²) in [5.41, 5.74) is 4.18. The molecule has 1 fully saturated rings. The first kappa shape index (κ1) is 15.5. The predicted molar refractivity (Wildman–Crippen MR) is 99.6 cm³/mol. The highest BCUT2D eigenvalue weighted by Crippen LogP contribution is 2.35. The average molecular weight is 355 g/mol. The quantitative estimate of drug-likeness (QED) is 0.651. The number of thiophene rings is 1. The molecular formula is C19H18N2OS2. The minimum Gasteiger partial charge on any atom is -0.330 e. The summed E-state index contributed by atoms with van der Waals surface area (Å²) < 4.78 is 0. The van der Waals surface area contributed by atoms with Gasteiger partial charge in [-0.2, -0.15) is 11.3 Å². The van der Waals surface area contributed by atoms with Crippen LogP contribution in [0.5, 0.6) is 0 Å². The molecule has 1 amide bonds. The molecule has 3 heterocycles. The maximum atomic E-state index is 13.0. The Labute approximate surface area is 149 Å². The Balaban J connectivity index is 1.61. The lowest BCUT2D eigenvalue weighted by atomic mass is 9.99. The highest BCUT2D eigenvalue weighted by atomic mass is 32.1. The van der Waals surface area contributed by atoms with E-state index in [2.05, 4.69) is 35.5 Å². The number of nitrogens with zero attached hydrogens (tertiary/aromatic N) is 2. The number of thiazole rings is 1. The number of hydrogen-bond donors (Lipinski definition) is 0. The molecule has 24 heavy (non-hydrogen) atoms. The number of carbonyl (C=O) groups is 1. The normalized spacial score (nSPS) is 17.4. The van der Waals surface area contributed by atoms with E-state index < -0.39 is 0 Å². The molecule has 1 saturated heterocycles. The lowest BCUT2D eigenvalue weighted by Gasteiger charge is -2.25. The Kier molecular flexibility index (Phi) is 4.21. The highest BCUT2D eigenvalue weighted by Gasteiger charge is 2.32. The van der Waals surface area contributed by atoms with E-state index in [-0.39, 0.29) is 11.9 Å². The van der Waals surface area contributed by atoms with Crippen LogP contribution in [-0.2, 0) is 0 Å². The van der Waals surface area contributed by atoms with E-state index in [9.17, 15) is 4.79 Å². The smallest absolute Gasteiger partial charge is 0.273 e. The van der Waals surface area contributed by atoms with Gasteiger partial charge in [-0.1, -0.05) is 24.3 Å². The summed E-state index contributed by atoms with van der Waals surface area (Å²) in [5, 5.41) is 6.92. The van der Waals surface area contributed by atoms with E-state index in [0.717, 1.165) is 30.0 Å². The highest BCUT2D eigenvalue weighted by molar-refractivity contribution is 7.14. The Morgan fingerprint density at radius 1 is 1.25 bits per heavy atom. The molecule has 0 aliphatic carbocycles. The third-order valence-electron chi connectivity index (χ3n) is 4.55. The van der Waals surface area contributed by atoms with Gasteiger partial charge in [0.15, 0.2) is 0 Å². The molecule has 1 unspecified atom stereocenters. The van der Waals surface area contributed by atoms with Gasteiger partial charge in [0, 0.05) is 22.9 Å². The molecular weight excluding hydrogens is 336 g/mol. The molecule has 1 aliphatic heterocycles. The van der Waals surface area contributed by atoms with Crippen LogP contribution in [0.25, 0.3) is 10.6 Å². The predicted octanol–water partition coefficient (Wildman–Crippen LogP) is 5.16. The van der Waals surface area contributed by atoms with Crippen LogP contribution in [0.3, 0.4) is 0 Å². The summed E-state index contributed by atoms with van der Waals surface area (Å²) in [5.74, 6) is 0.0542. The molecule has 1 aromatic carbocycles. The Morgan fingerprint density at radius 2 is 2.12 bits per heavy atom. The molecule has 0 radical (unpaired) electrons. The first-order valence-electron chi connectivity index (χ1n) is 8.08. The molecule has 4 rings (SSSR count). The standard InChI is InChI=1S/C19H18N2OS2/c1-13-5-2-3-6-15(13)17-7-4-9-21(17)19(22)16-12-24-18(20-16)14-8-10-23-11-14/h2-3,5-6,8,10-12,17H,4,7,9H2,1H3. The van der Waals surface area contributed by atoms with E-state index in [1.54, 1.807) is 22.7 Å². The van der Waals surface area contributed by atoms with E-state index in [1.165, 1.54) is 11.1 Å². The van der Waals surface area contributed by atoms with Crippen LogP contribution in [0.15, 0.2) is 46.5 Å². The van der Waals surface area contributed by atoms with Gasteiger partial charge < -0.3 is 4.90 Å². The average Bonchev–Trinajstić information content (AvgIpc) is 3.34. The Morgan fingerprint density at radius 3 is 2.92 bits per heavy atom. The Hall–Kier alpha value is -1.98. The molecule has 0 N–H and O–H groups in total. The van der Waals surface area contributed by atoms with Gasteiger partial charge in [0.25, 0.3) is 5.91 Å². The zero-order valence-electron chi connectivity index (χ0n) is 13.4. The van der Waals surface area contributed by atoms with E-state index in [4.69, 9.17) is 0 Å². The fourth-order valence-electron chi connectivity index (χ4n) is 3.33. The second-order valence-electron chi connectivity index (χ2n) is 6.06. The number of carbonyl (C=O) groups excluding carboxylic acids is 1. The van der Waals surface area contributed by atoms with Gasteiger partial charge in [-0.3, -0.25) is 4.79 Å². The van der Waals surface area contributed by atoms with Crippen molar-refractivity contribution < 1.29 is 4.79 Å². The molecule has 122 valence electrons. The number of likely N-dealkylation sites (tertiary alicyclic amines) is 1. The summed E-state index contributed by atoms with van der Waals surface area (Å²) in [7, 11) is 0. The van der Waals surface area contributed by atoms with Gasteiger partial charge in [0.1, 0.15) is 10.7 Å². The van der Waals surface area contributed by atoms with Gasteiger partial charge in [0.05, 0.1) is 6.04 Å². The molecule has 0 spiro atoms. The van der Waals surface area contributed by atoms with Crippen LogP contribution in [-0.4, -0.2) is 22.3 Å². The molecule has 0 saturated carbocycles. The zero-order chi connectivity index (χ0) is 16.5. The van der Waals surface area contributed by atoms with Crippen LogP contribution in [0.4, 0.5) is 0 Å². The second kappa shape index (κ2) is 6.49. The lowest BCUT2D eigenvalue weighted by Crippen LogP contribution is -2.31. The van der Waals surface area contributed by atoms with Crippen molar-refractivity contribution in [3.05, 3.63) is 63.3 Å². The van der Waals surface area contributed by atoms with Crippen molar-refractivity contribution in [1.82, 2.24) is 9.88 Å². The van der Waals surface area contributed by atoms with Gasteiger partial charge in [-0.25, -0.2) is 4.98 Å². The molecule has 0 bridgehead atoms. The molecule has 3 nitrogen and oxygen atoms in total. The van der Waals surface area contributed by atoms with Gasteiger partial charge in [-0.15, -0.1) is 11.3 Å². The second-order valence-corrected chi connectivity index (χ2v) is 7.70. The van der Waals surface area contributed by atoms with Gasteiger partial charge in [-0.05, 0) is 42.3 Å². The number of hydrogen-bond acceptors (Lipinski definition) is 4. The number of amides is 1. The third-order valence-corrected chi connectivity index (χ3v) is 6.13. The zero-order valence-corrected chi connectivity index (χ0v) is 15.1. The molecule has 1 aliphatic rings. The van der Waals surface area contributed by atoms with E-state index >= 15 is 0 Å². The van der Waals surface area contributed by atoms with Crippen LogP contribution in [0.1, 0.15) is 40.5 Å². The van der Waals surface area contributed by atoms with Gasteiger partial charge >= 0.3 is 0 Å². The SMILES string of the molecule is Cc1ccccc1C1CCCN1C(=O)c1csc(-c2ccsc2)n1. The van der Waals surface area contributed by atoms with E-state index in [1.807, 2.05) is 27.8 Å². The molecule has 1 atom stereocenters. The number of aromatic nitrogens is 1. The van der Waals surface area contributed by atoms with E-state index in [0.29, 0.717) is 5.69 Å². The minimum absolute atomic E-state index is 0.0542. The van der Waals surface area contributed by atoms with Crippen LogP contribution < -0.4 is 0 Å². The lowest BCUT2D eigenvalue weighted by molar-refractivity contribution is 0.0730. The summed E-state index contributed by atoms with van der Waals surface area (Å²) in [4.78, 5) is 19.6. The first-order valence-corrected chi connectivity index (χ1v) is 9.91. The first-order chi connectivity index (χ1) is 11.7. The van der Waals surface area contributed by atoms with Crippen LogP contribution in [0.2, 0.25) is 0 Å².